The fourth-order valence-electron chi connectivity index (χ4n) is 3.99. The zero-order valence-corrected chi connectivity index (χ0v) is 22.3. The van der Waals surface area contributed by atoms with Crippen molar-refractivity contribution in [2.75, 3.05) is 13.6 Å². The first-order chi connectivity index (χ1) is 17.5. The lowest BCUT2D eigenvalue weighted by Crippen LogP contribution is -2.73. The van der Waals surface area contributed by atoms with Gasteiger partial charge in [0.25, 0.3) is 5.91 Å². The Morgan fingerprint density at radius 3 is 2.19 bits per heavy atom. The number of nitrogens with zero attached hydrogens (tertiary/aromatic N) is 2. The number of quaternary nitrogens is 1. The number of nitrogens with one attached hydrogen (secondary N) is 2. The van der Waals surface area contributed by atoms with Crippen molar-refractivity contribution in [3.05, 3.63) is 83.9 Å². The first kappa shape index (κ1) is 27.7. The summed E-state index contributed by atoms with van der Waals surface area (Å²) in [4.78, 5) is 40.0. The van der Waals surface area contributed by atoms with Gasteiger partial charge in [-0.3, -0.25) is 4.79 Å². The molecule has 0 bridgehead atoms. The average molecular weight is 506 g/mol. The molecule has 0 fully saturated rings. The molecule has 0 spiro atoms. The maximum Gasteiger partial charge on any atom is 0.467 e. The van der Waals surface area contributed by atoms with Crippen molar-refractivity contribution in [3.63, 3.8) is 0 Å². The number of hydrogen-bond donors (Lipinski definition) is 2. The van der Waals surface area contributed by atoms with Crippen molar-refractivity contribution in [1.29, 1.82) is 0 Å². The Bertz CT molecular complexity index is 1240. The minimum absolute atomic E-state index is 0.0180. The molecule has 0 aromatic heterocycles. The van der Waals surface area contributed by atoms with E-state index in [1.807, 2.05) is 66.7 Å². The highest BCUT2D eigenvalue weighted by Gasteiger charge is 2.48. The maximum atomic E-state index is 13.5. The van der Waals surface area contributed by atoms with Crippen LogP contribution in [0.4, 0.5) is 9.59 Å². The highest BCUT2D eigenvalue weighted by molar-refractivity contribution is 5.83. The zero-order chi connectivity index (χ0) is 27.1. The summed E-state index contributed by atoms with van der Waals surface area (Å²) in [7, 11) is 1.45. The summed E-state index contributed by atoms with van der Waals surface area (Å²) in [6.45, 7) is 7.37. The number of urea groups is 1. The van der Waals surface area contributed by atoms with Gasteiger partial charge in [0.1, 0.15) is 5.60 Å². The highest BCUT2D eigenvalue weighted by Crippen LogP contribution is 2.21. The second-order valence-corrected chi connectivity index (χ2v) is 9.97. The number of carbonyl (C=O) groups excluding carboxylic acids is 3. The van der Waals surface area contributed by atoms with Crippen LogP contribution in [0.2, 0.25) is 0 Å². The Morgan fingerprint density at radius 2 is 1.54 bits per heavy atom. The first-order valence-electron chi connectivity index (χ1n) is 12.5. The van der Waals surface area contributed by atoms with Crippen molar-refractivity contribution >= 4 is 28.8 Å². The molecule has 0 aliphatic rings. The molecule has 3 aromatic rings. The molecular formula is C29H37N4O4+. The molecule has 0 aliphatic heterocycles. The van der Waals surface area contributed by atoms with E-state index in [-0.39, 0.29) is 18.9 Å². The minimum Gasteiger partial charge on any atom is -0.440 e. The van der Waals surface area contributed by atoms with Gasteiger partial charge in [0.05, 0.1) is 7.05 Å². The molecule has 0 saturated carbocycles. The number of carbonyl (C=O) groups is 3. The average Bonchev–Trinajstić information content (AvgIpc) is 2.86. The van der Waals surface area contributed by atoms with Gasteiger partial charge in [-0.05, 0) is 55.2 Å². The number of amides is 4. The Balaban J connectivity index is 1.90. The van der Waals surface area contributed by atoms with Gasteiger partial charge in [-0.15, -0.1) is 5.01 Å². The van der Waals surface area contributed by atoms with Crippen molar-refractivity contribution in [3.8, 4) is 0 Å². The molecule has 0 saturated heterocycles. The number of benzene rings is 3. The lowest BCUT2D eigenvalue weighted by atomic mass is 10.0. The third-order valence-corrected chi connectivity index (χ3v) is 5.85. The van der Waals surface area contributed by atoms with E-state index >= 15 is 0 Å². The number of rotatable bonds is 6. The molecule has 0 heterocycles. The molecule has 4 amide bonds. The van der Waals surface area contributed by atoms with Crippen LogP contribution in [0.15, 0.2) is 72.8 Å². The molecule has 2 N–H and O–H groups in total. The van der Waals surface area contributed by atoms with E-state index in [1.54, 1.807) is 27.7 Å². The largest absolute Gasteiger partial charge is 0.467 e. The lowest BCUT2D eigenvalue weighted by Gasteiger charge is -2.39. The highest BCUT2D eigenvalue weighted by atomic mass is 16.6. The summed E-state index contributed by atoms with van der Waals surface area (Å²) < 4.78 is 4.77. The molecule has 0 radical (unpaired) electrons. The van der Waals surface area contributed by atoms with Crippen LogP contribution < -0.4 is 10.7 Å². The van der Waals surface area contributed by atoms with Crippen LogP contribution in [0.1, 0.15) is 45.2 Å². The van der Waals surface area contributed by atoms with Crippen LogP contribution in [0.3, 0.4) is 0 Å². The van der Waals surface area contributed by atoms with Crippen LogP contribution >= 0.6 is 0 Å². The summed E-state index contributed by atoms with van der Waals surface area (Å²) in [5.74, 6) is -0.370. The van der Waals surface area contributed by atoms with Gasteiger partial charge in [-0.25, -0.2) is 9.59 Å². The molecule has 37 heavy (non-hydrogen) atoms. The lowest BCUT2D eigenvalue weighted by molar-refractivity contribution is -0.994. The number of hydrogen-bond acceptors (Lipinski definition) is 4. The zero-order valence-electron chi connectivity index (χ0n) is 22.3. The number of aryl methyl sites for hydroxylation is 1. The summed E-state index contributed by atoms with van der Waals surface area (Å²) in [5.41, 5.74) is 3.84. The Hall–Kier alpha value is -3.91. The predicted molar refractivity (Wildman–Crippen MR) is 144 cm³/mol. The van der Waals surface area contributed by atoms with Gasteiger partial charge >= 0.3 is 12.1 Å². The standard InChI is InChI=1S/C29H36N4O4/c1-6-30-27(35)33(21-23-12-8-7-9-13-23,32(5)28(36)37-29(2,3)4)31-26(34)19-17-22-16-18-24-14-10-11-15-25(24)20-22/h7-16,18,20H,6,17,19,21H2,1-5H3,(H-,30,31,34,35)/p+1/t33-/m1/s1. The van der Waals surface area contributed by atoms with E-state index in [0.29, 0.717) is 13.0 Å². The van der Waals surface area contributed by atoms with Gasteiger partial charge in [-0.1, -0.05) is 72.8 Å². The van der Waals surface area contributed by atoms with E-state index in [4.69, 9.17) is 4.74 Å². The molecule has 8 heteroatoms. The molecular weight excluding hydrogens is 468 g/mol. The van der Waals surface area contributed by atoms with E-state index in [0.717, 1.165) is 26.9 Å². The van der Waals surface area contributed by atoms with E-state index in [2.05, 4.69) is 16.8 Å². The Labute approximate surface area is 218 Å². The maximum absolute atomic E-state index is 13.5. The van der Waals surface area contributed by atoms with Crippen molar-refractivity contribution < 1.29 is 23.8 Å². The van der Waals surface area contributed by atoms with Crippen LogP contribution in [-0.2, 0) is 22.5 Å². The van der Waals surface area contributed by atoms with Crippen molar-refractivity contribution in [2.45, 2.75) is 52.7 Å². The van der Waals surface area contributed by atoms with Gasteiger partial charge in [-0.2, -0.15) is 5.43 Å². The fraction of sp³-hybridized carbons (Fsp3) is 0.345. The second-order valence-electron chi connectivity index (χ2n) is 9.97. The van der Waals surface area contributed by atoms with Crippen LogP contribution in [0.25, 0.3) is 10.8 Å². The van der Waals surface area contributed by atoms with E-state index in [1.165, 1.54) is 7.05 Å². The Morgan fingerprint density at radius 1 is 0.892 bits per heavy atom. The second kappa shape index (κ2) is 11.9. The third-order valence-electron chi connectivity index (χ3n) is 5.85. The minimum atomic E-state index is -0.788. The molecule has 8 nitrogen and oxygen atoms in total. The number of fused-ring (bicyclic) bond motifs is 1. The molecule has 196 valence electrons. The van der Waals surface area contributed by atoms with Crippen molar-refractivity contribution in [1.82, 2.24) is 15.8 Å². The van der Waals surface area contributed by atoms with Crippen LogP contribution in [0.5, 0.6) is 0 Å². The molecule has 3 aromatic carbocycles. The quantitative estimate of drug-likeness (QED) is 0.350. The smallest absolute Gasteiger partial charge is 0.440 e. The summed E-state index contributed by atoms with van der Waals surface area (Å²) in [6.07, 6.45) is -0.119. The molecule has 1 atom stereocenters. The molecule has 0 aliphatic carbocycles. The summed E-state index contributed by atoms with van der Waals surface area (Å²) >= 11 is 0. The van der Waals surface area contributed by atoms with E-state index in [9.17, 15) is 14.4 Å². The SMILES string of the molecule is CCNC(=O)[N@+](Cc1ccccc1)(NC(=O)CCc1ccc2ccccc2c1)N(C)C(=O)OC(C)(C)C. The number of ether oxygens (including phenoxy) is 1. The van der Waals surface area contributed by atoms with Crippen LogP contribution in [0, 0.1) is 0 Å². The monoisotopic (exact) mass is 505 g/mol. The summed E-state index contributed by atoms with van der Waals surface area (Å²) in [6, 6.07) is 22.8. The molecule has 0 unspecified atom stereocenters. The van der Waals surface area contributed by atoms with E-state index < -0.39 is 22.4 Å². The summed E-state index contributed by atoms with van der Waals surface area (Å²) in [5, 5.41) is 6.14. The fourth-order valence-corrected chi connectivity index (χ4v) is 3.99. The molecule has 3 rings (SSSR count). The predicted octanol–water partition coefficient (Wildman–Crippen LogP) is 5.33. The first-order valence-corrected chi connectivity index (χ1v) is 12.5. The van der Waals surface area contributed by atoms with Gasteiger partial charge < -0.3 is 10.1 Å². The van der Waals surface area contributed by atoms with Gasteiger partial charge in [0, 0.05) is 18.5 Å². The van der Waals surface area contributed by atoms with Crippen LogP contribution in [-0.4, -0.2) is 46.9 Å². The van der Waals surface area contributed by atoms with Gasteiger partial charge in [0.2, 0.25) is 0 Å². The Kier molecular flexibility index (Phi) is 8.89. The van der Waals surface area contributed by atoms with Gasteiger partial charge in [0.15, 0.2) is 6.54 Å². The topological polar surface area (TPSA) is 87.7 Å². The normalized spacial score (nSPS) is 12.9. The third kappa shape index (κ3) is 7.30. The van der Waals surface area contributed by atoms with Crippen molar-refractivity contribution in [2.24, 2.45) is 0 Å².